The zero-order valence-electron chi connectivity index (χ0n) is 11.2. The van der Waals surface area contributed by atoms with Gasteiger partial charge in [-0.25, -0.2) is 13.8 Å². The largest absolute Gasteiger partial charge is 0.395 e. The molecule has 1 rings (SSSR count). The van der Waals surface area contributed by atoms with Crippen molar-refractivity contribution in [3.05, 3.63) is 28.5 Å². The second-order valence-corrected chi connectivity index (χ2v) is 4.67. The number of hydrogen-bond donors (Lipinski definition) is 1. The predicted molar refractivity (Wildman–Crippen MR) is 72.2 cm³/mol. The molecule has 0 fully saturated rings. The molecule has 0 spiro atoms. The fourth-order valence-electron chi connectivity index (χ4n) is 1.80. The zero-order chi connectivity index (χ0) is 15.1. The molecule has 0 aliphatic rings. The lowest BCUT2D eigenvalue weighted by atomic mass is 10.1. The second-order valence-electron chi connectivity index (χ2n) is 4.29. The average molecular weight is 307 g/mol. The van der Waals surface area contributed by atoms with Crippen molar-refractivity contribution in [2.24, 2.45) is 0 Å². The number of alkyl halides is 2. The van der Waals surface area contributed by atoms with Gasteiger partial charge in [-0.15, -0.1) is 0 Å². The van der Waals surface area contributed by atoms with E-state index in [-0.39, 0.29) is 23.9 Å². The average Bonchev–Trinajstić information content (AvgIpc) is 2.36. The van der Waals surface area contributed by atoms with Gasteiger partial charge in [0, 0.05) is 17.8 Å². The summed E-state index contributed by atoms with van der Waals surface area (Å²) in [5.41, 5.74) is 0.854. The van der Waals surface area contributed by atoms with E-state index in [0.29, 0.717) is 12.1 Å². The number of aryl methyl sites for hydroxylation is 1. The lowest BCUT2D eigenvalue weighted by Crippen LogP contribution is -2.37. The summed E-state index contributed by atoms with van der Waals surface area (Å²) in [7, 11) is 0. The van der Waals surface area contributed by atoms with Crippen LogP contribution in [-0.4, -0.2) is 47.0 Å². The Kier molecular flexibility index (Phi) is 6.81. The highest BCUT2D eigenvalue weighted by Crippen LogP contribution is 2.15. The van der Waals surface area contributed by atoms with Crippen LogP contribution in [0.25, 0.3) is 0 Å². The molecule has 1 aromatic heterocycles. The quantitative estimate of drug-likeness (QED) is 0.787. The number of halogens is 3. The maximum Gasteiger partial charge on any atom is 0.255 e. The van der Waals surface area contributed by atoms with Crippen molar-refractivity contribution in [1.29, 1.82) is 0 Å². The Hall–Kier alpha value is -1.27. The molecular formula is C13H17ClF2N2O2. The van der Waals surface area contributed by atoms with Crippen molar-refractivity contribution >= 4 is 17.5 Å². The van der Waals surface area contributed by atoms with Gasteiger partial charge in [0.05, 0.1) is 13.2 Å². The lowest BCUT2D eigenvalue weighted by Gasteiger charge is -2.21. The maximum atomic E-state index is 12.4. The van der Waals surface area contributed by atoms with Crippen LogP contribution in [0.1, 0.15) is 29.4 Å². The normalized spacial score (nSPS) is 10.9. The molecule has 1 N–H and O–H groups in total. The summed E-state index contributed by atoms with van der Waals surface area (Å²) in [6.07, 6.45) is -1.17. The van der Waals surface area contributed by atoms with Crippen LogP contribution in [0.4, 0.5) is 8.78 Å². The maximum absolute atomic E-state index is 12.4. The number of nitrogens with zero attached hydrogens (tertiary/aromatic N) is 2. The minimum atomic E-state index is -2.65. The third-order valence-electron chi connectivity index (χ3n) is 2.62. The molecule has 0 saturated carbocycles. The molecule has 0 bridgehead atoms. The van der Waals surface area contributed by atoms with Gasteiger partial charge in [0.2, 0.25) is 0 Å². The van der Waals surface area contributed by atoms with Gasteiger partial charge in [-0.3, -0.25) is 4.79 Å². The number of carbonyl (C=O) groups is 1. The molecule has 1 aromatic rings. The molecule has 7 heteroatoms. The fraction of sp³-hybridized carbons (Fsp3) is 0.538. The number of aliphatic hydroxyl groups excluding tert-OH is 1. The number of pyridine rings is 1. The summed E-state index contributed by atoms with van der Waals surface area (Å²) >= 11 is 5.84. The highest BCUT2D eigenvalue weighted by atomic mass is 35.5. The third-order valence-corrected chi connectivity index (χ3v) is 2.81. The summed E-state index contributed by atoms with van der Waals surface area (Å²) < 4.78 is 24.9. The Morgan fingerprint density at radius 3 is 2.75 bits per heavy atom. The van der Waals surface area contributed by atoms with Crippen LogP contribution in [0.15, 0.2) is 12.1 Å². The molecule has 1 heterocycles. The van der Waals surface area contributed by atoms with E-state index in [4.69, 9.17) is 16.7 Å². The van der Waals surface area contributed by atoms with Crippen molar-refractivity contribution < 1.29 is 18.7 Å². The van der Waals surface area contributed by atoms with E-state index in [2.05, 4.69) is 4.98 Å². The molecule has 0 atom stereocenters. The topological polar surface area (TPSA) is 53.4 Å². The van der Waals surface area contributed by atoms with E-state index < -0.39 is 18.9 Å². The lowest BCUT2D eigenvalue weighted by molar-refractivity contribution is 0.0509. The molecule has 0 aliphatic heterocycles. The van der Waals surface area contributed by atoms with Gasteiger partial charge >= 0.3 is 0 Å². The molecule has 20 heavy (non-hydrogen) atoms. The third kappa shape index (κ3) is 5.02. The van der Waals surface area contributed by atoms with E-state index in [1.165, 1.54) is 6.07 Å². The smallest absolute Gasteiger partial charge is 0.255 e. The van der Waals surface area contributed by atoms with E-state index >= 15 is 0 Å². The van der Waals surface area contributed by atoms with E-state index in [1.54, 1.807) is 6.07 Å². The number of carbonyl (C=O) groups excluding carboxylic acids is 1. The van der Waals surface area contributed by atoms with Crippen molar-refractivity contribution in [3.8, 4) is 0 Å². The van der Waals surface area contributed by atoms with Gasteiger partial charge in [-0.2, -0.15) is 0 Å². The highest BCUT2D eigenvalue weighted by Gasteiger charge is 2.20. The van der Waals surface area contributed by atoms with Crippen molar-refractivity contribution in [1.82, 2.24) is 9.88 Å². The first-order valence-corrected chi connectivity index (χ1v) is 6.70. The van der Waals surface area contributed by atoms with E-state index in [0.717, 1.165) is 11.3 Å². The van der Waals surface area contributed by atoms with Crippen LogP contribution in [0.2, 0.25) is 5.15 Å². The predicted octanol–water partition coefficient (Wildman–Crippen LogP) is 2.39. The van der Waals surface area contributed by atoms with Gasteiger partial charge in [0.25, 0.3) is 12.3 Å². The molecule has 112 valence electrons. The zero-order valence-corrected chi connectivity index (χ0v) is 11.9. The minimum absolute atomic E-state index is 0.147. The highest BCUT2D eigenvalue weighted by molar-refractivity contribution is 6.29. The van der Waals surface area contributed by atoms with Gasteiger partial charge in [-0.1, -0.05) is 24.9 Å². The van der Waals surface area contributed by atoms with Crippen LogP contribution in [-0.2, 0) is 6.42 Å². The van der Waals surface area contributed by atoms with Crippen LogP contribution in [0.5, 0.6) is 0 Å². The SMILES string of the molecule is CCCc1cc(C(=O)N(CCO)CC(F)F)cc(Cl)n1. The summed E-state index contributed by atoms with van der Waals surface area (Å²) in [6.45, 7) is 0.715. The second kappa shape index (κ2) is 8.11. The summed E-state index contributed by atoms with van der Waals surface area (Å²) in [4.78, 5) is 17.2. The number of aromatic nitrogens is 1. The van der Waals surface area contributed by atoms with Gasteiger partial charge in [0.15, 0.2) is 0 Å². The summed E-state index contributed by atoms with van der Waals surface area (Å²) in [6, 6.07) is 2.90. The minimum Gasteiger partial charge on any atom is -0.395 e. The van der Waals surface area contributed by atoms with Crippen LogP contribution < -0.4 is 0 Å². The van der Waals surface area contributed by atoms with E-state index in [9.17, 15) is 13.6 Å². The Bertz CT molecular complexity index is 458. The van der Waals surface area contributed by atoms with E-state index in [1.807, 2.05) is 6.92 Å². The molecule has 1 amide bonds. The Labute approximate surface area is 121 Å². The number of aliphatic hydroxyl groups is 1. The Morgan fingerprint density at radius 1 is 1.50 bits per heavy atom. The molecule has 0 radical (unpaired) electrons. The standard InChI is InChI=1S/C13H17ClF2N2O2/c1-2-3-10-6-9(7-11(14)17-10)13(20)18(4-5-19)8-12(15)16/h6-7,12,19H,2-5,8H2,1H3. The number of rotatable bonds is 7. The van der Waals surface area contributed by atoms with Crippen LogP contribution in [0.3, 0.4) is 0 Å². The molecular weight excluding hydrogens is 290 g/mol. The fourth-order valence-corrected chi connectivity index (χ4v) is 2.03. The first-order chi connectivity index (χ1) is 9.47. The van der Waals surface area contributed by atoms with Crippen LogP contribution in [0, 0.1) is 0 Å². The van der Waals surface area contributed by atoms with Gasteiger partial charge in [-0.05, 0) is 18.6 Å². The van der Waals surface area contributed by atoms with Crippen molar-refractivity contribution in [2.75, 3.05) is 19.7 Å². The Balaban J connectivity index is 2.98. The van der Waals surface area contributed by atoms with Crippen molar-refractivity contribution in [2.45, 2.75) is 26.2 Å². The monoisotopic (exact) mass is 306 g/mol. The first kappa shape index (κ1) is 16.8. The van der Waals surface area contributed by atoms with Gasteiger partial charge < -0.3 is 10.0 Å². The molecule has 0 unspecified atom stereocenters. The molecule has 0 saturated heterocycles. The van der Waals surface area contributed by atoms with Gasteiger partial charge in [0.1, 0.15) is 5.15 Å². The van der Waals surface area contributed by atoms with Crippen LogP contribution >= 0.6 is 11.6 Å². The molecule has 0 aromatic carbocycles. The first-order valence-electron chi connectivity index (χ1n) is 6.32. The molecule has 4 nitrogen and oxygen atoms in total. The van der Waals surface area contributed by atoms with Crippen molar-refractivity contribution in [3.63, 3.8) is 0 Å². The number of hydrogen-bond acceptors (Lipinski definition) is 3. The summed E-state index contributed by atoms with van der Waals surface area (Å²) in [5, 5.41) is 9.01. The summed E-state index contributed by atoms with van der Waals surface area (Å²) in [5.74, 6) is -0.582. The molecule has 0 aliphatic carbocycles. The number of amides is 1. The Morgan fingerprint density at radius 2 is 2.20 bits per heavy atom.